The van der Waals surface area contributed by atoms with Crippen molar-refractivity contribution < 1.29 is 14.0 Å². The van der Waals surface area contributed by atoms with E-state index in [0.29, 0.717) is 18.8 Å². The van der Waals surface area contributed by atoms with E-state index in [-0.39, 0.29) is 29.4 Å². The van der Waals surface area contributed by atoms with E-state index in [2.05, 4.69) is 5.32 Å². The van der Waals surface area contributed by atoms with Crippen molar-refractivity contribution in [3.05, 3.63) is 58.0 Å². The van der Waals surface area contributed by atoms with Crippen LogP contribution in [0.4, 0.5) is 4.39 Å². The van der Waals surface area contributed by atoms with Gasteiger partial charge in [-0.1, -0.05) is 18.2 Å². The Kier molecular flexibility index (Phi) is 5.52. The highest BCUT2D eigenvalue weighted by molar-refractivity contribution is 8.00. The van der Waals surface area contributed by atoms with Crippen molar-refractivity contribution in [1.29, 1.82) is 0 Å². The molecule has 2 amide bonds. The molecule has 0 aliphatic carbocycles. The average molecular weight is 364 g/mol. The molecule has 7 heteroatoms. The van der Waals surface area contributed by atoms with Gasteiger partial charge in [-0.15, -0.1) is 23.1 Å². The summed E-state index contributed by atoms with van der Waals surface area (Å²) in [5.74, 6) is 0.119. The third kappa shape index (κ3) is 4.15. The summed E-state index contributed by atoms with van der Waals surface area (Å²) in [6.45, 7) is 0.764. The maximum atomic E-state index is 12.8. The van der Waals surface area contributed by atoms with E-state index in [1.165, 1.54) is 12.1 Å². The molecule has 2 heterocycles. The molecule has 0 saturated carbocycles. The van der Waals surface area contributed by atoms with Crippen LogP contribution in [0.1, 0.15) is 22.2 Å². The number of carbonyl (C=O) groups is 2. The van der Waals surface area contributed by atoms with Gasteiger partial charge in [0.05, 0.1) is 5.75 Å². The number of halogens is 1. The van der Waals surface area contributed by atoms with Crippen LogP contribution in [0.3, 0.4) is 0 Å². The predicted octanol–water partition coefficient (Wildman–Crippen LogP) is 3.17. The zero-order valence-electron chi connectivity index (χ0n) is 12.9. The van der Waals surface area contributed by atoms with Crippen molar-refractivity contribution in [2.45, 2.75) is 18.3 Å². The fraction of sp³-hybridized carbons (Fsp3) is 0.294. The first kappa shape index (κ1) is 17.0. The van der Waals surface area contributed by atoms with Crippen LogP contribution in [0.2, 0.25) is 0 Å². The zero-order chi connectivity index (χ0) is 16.9. The molecular weight excluding hydrogens is 347 g/mol. The number of nitrogens with one attached hydrogen (secondary N) is 1. The fourth-order valence-electron chi connectivity index (χ4n) is 2.48. The first-order valence-electron chi connectivity index (χ1n) is 7.59. The van der Waals surface area contributed by atoms with Gasteiger partial charge in [-0.05, 0) is 29.1 Å². The number of benzene rings is 1. The van der Waals surface area contributed by atoms with Gasteiger partial charge in [0.15, 0.2) is 0 Å². The first-order chi connectivity index (χ1) is 11.6. The van der Waals surface area contributed by atoms with Crippen molar-refractivity contribution in [3.8, 4) is 0 Å². The van der Waals surface area contributed by atoms with Crippen molar-refractivity contribution in [2.24, 2.45) is 0 Å². The molecule has 0 radical (unpaired) electrons. The smallest absolute Gasteiger partial charge is 0.233 e. The quantitative estimate of drug-likeness (QED) is 0.857. The lowest BCUT2D eigenvalue weighted by Crippen LogP contribution is -2.33. The van der Waals surface area contributed by atoms with Gasteiger partial charge in [0, 0.05) is 24.4 Å². The van der Waals surface area contributed by atoms with E-state index in [9.17, 15) is 14.0 Å². The lowest BCUT2D eigenvalue weighted by Gasteiger charge is -2.22. The van der Waals surface area contributed by atoms with Crippen molar-refractivity contribution in [1.82, 2.24) is 10.2 Å². The lowest BCUT2D eigenvalue weighted by atomic mass is 10.2. The Balaban J connectivity index is 1.49. The fourth-order valence-corrected chi connectivity index (χ4v) is 4.67. The van der Waals surface area contributed by atoms with Crippen molar-refractivity contribution in [3.63, 3.8) is 0 Å². The summed E-state index contributed by atoms with van der Waals surface area (Å²) >= 11 is 3.22. The molecule has 1 fully saturated rings. The van der Waals surface area contributed by atoms with E-state index in [1.807, 2.05) is 17.5 Å². The summed E-state index contributed by atoms with van der Waals surface area (Å²) in [4.78, 5) is 27.0. The third-order valence-electron chi connectivity index (χ3n) is 3.74. The molecule has 0 spiro atoms. The second-order valence-electron chi connectivity index (χ2n) is 5.42. The van der Waals surface area contributed by atoms with E-state index in [4.69, 9.17) is 0 Å². The molecule has 1 N–H and O–H groups in total. The SMILES string of the molecule is O=C(CCN1C(=O)CS[C@H]1c1cccs1)NCc1ccc(F)cc1. The van der Waals surface area contributed by atoms with Crippen LogP contribution in [-0.4, -0.2) is 29.0 Å². The number of amides is 2. The van der Waals surface area contributed by atoms with Crippen molar-refractivity contribution in [2.75, 3.05) is 12.3 Å². The number of carbonyl (C=O) groups excluding carboxylic acids is 2. The Hall–Kier alpha value is -1.86. The standard InChI is InChI=1S/C17H17FN2O2S2/c18-13-5-3-12(4-6-13)10-19-15(21)7-8-20-16(22)11-24-17(20)14-2-1-9-23-14/h1-6,9,17H,7-8,10-11H2,(H,19,21)/t17-/m0/s1. The largest absolute Gasteiger partial charge is 0.352 e. The highest BCUT2D eigenvalue weighted by Crippen LogP contribution is 2.40. The Morgan fingerprint density at radius 2 is 2.08 bits per heavy atom. The Labute approximate surface area is 148 Å². The summed E-state index contributed by atoms with van der Waals surface area (Å²) in [5.41, 5.74) is 0.842. The summed E-state index contributed by atoms with van der Waals surface area (Å²) in [5, 5.41) is 4.81. The monoisotopic (exact) mass is 364 g/mol. The molecule has 1 aliphatic heterocycles. The van der Waals surface area contributed by atoms with E-state index >= 15 is 0 Å². The summed E-state index contributed by atoms with van der Waals surface area (Å²) in [7, 11) is 0. The minimum absolute atomic E-state index is 0.0161. The summed E-state index contributed by atoms with van der Waals surface area (Å²) in [6, 6.07) is 10.0. The number of rotatable bonds is 6. The molecular formula is C17H17FN2O2S2. The Morgan fingerprint density at radius 1 is 1.29 bits per heavy atom. The maximum absolute atomic E-state index is 12.8. The Morgan fingerprint density at radius 3 is 2.79 bits per heavy atom. The number of hydrogen-bond acceptors (Lipinski definition) is 4. The van der Waals surface area contributed by atoms with Crippen LogP contribution >= 0.6 is 23.1 Å². The number of hydrogen-bond donors (Lipinski definition) is 1. The molecule has 1 aromatic heterocycles. The van der Waals surface area contributed by atoms with Crippen LogP contribution in [0.15, 0.2) is 41.8 Å². The molecule has 1 aromatic carbocycles. The van der Waals surface area contributed by atoms with Gasteiger partial charge in [0.1, 0.15) is 11.2 Å². The molecule has 0 bridgehead atoms. The van der Waals surface area contributed by atoms with Crippen molar-refractivity contribution >= 4 is 34.9 Å². The maximum Gasteiger partial charge on any atom is 0.233 e. The van der Waals surface area contributed by atoms with Gasteiger partial charge in [0.25, 0.3) is 0 Å². The molecule has 1 atom stereocenters. The number of thioether (sulfide) groups is 1. The Bertz CT molecular complexity index is 704. The van der Waals surface area contributed by atoms with Gasteiger partial charge >= 0.3 is 0 Å². The molecule has 1 aliphatic rings. The van der Waals surface area contributed by atoms with Gasteiger partial charge in [-0.2, -0.15) is 0 Å². The molecule has 3 rings (SSSR count). The molecule has 126 valence electrons. The molecule has 2 aromatic rings. The highest BCUT2D eigenvalue weighted by Gasteiger charge is 2.33. The van der Waals surface area contributed by atoms with E-state index in [1.54, 1.807) is 40.1 Å². The summed E-state index contributed by atoms with van der Waals surface area (Å²) < 4.78 is 12.8. The molecule has 0 unspecified atom stereocenters. The summed E-state index contributed by atoms with van der Waals surface area (Å²) in [6.07, 6.45) is 0.259. The van der Waals surface area contributed by atoms with E-state index < -0.39 is 0 Å². The predicted molar refractivity (Wildman–Crippen MR) is 94.1 cm³/mol. The number of thiophene rings is 1. The first-order valence-corrected chi connectivity index (χ1v) is 9.52. The second-order valence-corrected chi connectivity index (χ2v) is 7.47. The van der Waals surface area contributed by atoms with Gasteiger partial charge < -0.3 is 10.2 Å². The van der Waals surface area contributed by atoms with Crippen LogP contribution in [0.5, 0.6) is 0 Å². The second kappa shape index (κ2) is 7.81. The third-order valence-corrected chi connectivity index (χ3v) is 6.05. The minimum Gasteiger partial charge on any atom is -0.352 e. The zero-order valence-corrected chi connectivity index (χ0v) is 14.5. The number of nitrogens with zero attached hydrogens (tertiary/aromatic N) is 1. The van der Waals surface area contributed by atoms with Gasteiger partial charge in [0.2, 0.25) is 11.8 Å². The normalized spacial score (nSPS) is 17.3. The lowest BCUT2D eigenvalue weighted by molar-refractivity contribution is -0.129. The van der Waals surface area contributed by atoms with Crippen LogP contribution in [-0.2, 0) is 16.1 Å². The molecule has 24 heavy (non-hydrogen) atoms. The van der Waals surface area contributed by atoms with E-state index in [0.717, 1.165) is 10.4 Å². The minimum atomic E-state index is -0.297. The van der Waals surface area contributed by atoms with Crippen LogP contribution in [0.25, 0.3) is 0 Å². The van der Waals surface area contributed by atoms with Crippen LogP contribution < -0.4 is 5.32 Å². The van der Waals surface area contributed by atoms with Gasteiger partial charge in [-0.25, -0.2) is 4.39 Å². The van der Waals surface area contributed by atoms with Gasteiger partial charge in [-0.3, -0.25) is 9.59 Å². The topological polar surface area (TPSA) is 49.4 Å². The average Bonchev–Trinajstić information content (AvgIpc) is 3.22. The van der Waals surface area contributed by atoms with Crippen LogP contribution in [0, 0.1) is 5.82 Å². The molecule has 1 saturated heterocycles. The highest BCUT2D eigenvalue weighted by atomic mass is 32.2. The molecule has 4 nitrogen and oxygen atoms in total.